The number of hydrogen-bond acceptors (Lipinski definition) is 2. The average Bonchev–Trinajstić information content (AvgIpc) is 2.68. The van der Waals surface area contributed by atoms with Gasteiger partial charge in [-0.3, -0.25) is 4.68 Å². The van der Waals surface area contributed by atoms with Crippen LogP contribution in [0.15, 0.2) is 24.9 Å². The summed E-state index contributed by atoms with van der Waals surface area (Å²) in [4.78, 5) is 0. The van der Waals surface area contributed by atoms with Crippen molar-refractivity contribution in [1.29, 1.82) is 0 Å². The molecule has 0 aliphatic carbocycles. The van der Waals surface area contributed by atoms with Crippen molar-refractivity contribution >= 4 is 0 Å². The summed E-state index contributed by atoms with van der Waals surface area (Å²) >= 11 is 0. The van der Waals surface area contributed by atoms with Gasteiger partial charge in [-0.15, -0.1) is 6.58 Å². The first-order chi connectivity index (χ1) is 7.72. The minimum Gasteiger partial charge on any atom is -0.309 e. The summed E-state index contributed by atoms with van der Waals surface area (Å²) < 4.78 is 1.84. The van der Waals surface area contributed by atoms with Gasteiger partial charge in [-0.25, -0.2) is 0 Å². The van der Waals surface area contributed by atoms with E-state index < -0.39 is 0 Å². The molecular formula is C13H23N3. The highest BCUT2D eigenvalue weighted by molar-refractivity contribution is 4.98. The normalized spacial score (nSPS) is 12.6. The fourth-order valence-electron chi connectivity index (χ4n) is 1.68. The molecule has 1 unspecified atom stereocenters. The third-order valence-electron chi connectivity index (χ3n) is 2.70. The van der Waals surface area contributed by atoms with Gasteiger partial charge in [0.25, 0.3) is 0 Å². The van der Waals surface area contributed by atoms with Crippen molar-refractivity contribution in [2.24, 2.45) is 7.05 Å². The molecule has 3 heteroatoms. The number of aryl methyl sites for hydroxylation is 1. The van der Waals surface area contributed by atoms with E-state index >= 15 is 0 Å². The molecule has 0 aliphatic rings. The number of rotatable bonds is 8. The van der Waals surface area contributed by atoms with Crippen LogP contribution in [0.5, 0.6) is 0 Å². The molecule has 1 heterocycles. The maximum absolute atomic E-state index is 4.33. The van der Waals surface area contributed by atoms with Crippen molar-refractivity contribution in [3.63, 3.8) is 0 Å². The van der Waals surface area contributed by atoms with Crippen LogP contribution >= 0.6 is 0 Å². The molecular weight excluding hydrogens is 198 g/mol. The topological polar surface area (TPSA) is 29.9 Å². The van der Waals surface area contributed by atoms with Crippen LogP contribution in [0.3, 0.4) is 0 Å². The van der Waals surface area contributed by atoms with Crippen molar-refractivity contribution in [2.45, 2.75) is 45.2 Å². The standard InChI is InChI=1S/C13H23N3/c1-4-5-6-7-8-12(2)14-11-13-9-10-16(3)15-13/h4,9-10,12,14H,1,5-8,11H2,2-3H3. The van der Waals surface area contributed by atoms with Gasteiger partial charge in [0.1, 0.15) is 0 Å². The fourth-order valence-corrected chi connectivity index (χ4v) is 1.68. The SMILES string of the molecule is C=CCCCCC(C)NCc1ccn(C)n1. The van der Waals surface area contributed by atoms with E-state index in [4.69, 9.17) is 0 Å². The van der Waals surface area contributed by atoms with Crippen LogP contribution in [0.25, 0.3) is 0 Å². The predicted octanol–water partition coefficient (Wildman–Crippen LogP) is 2.64. The molecule has 16 heavy (non-hydrogen) atoms. The lowest BCUT2D eigenvalue weighted by molar-refractivity contribution is 0.485. The van der Waals surface area contributed by atoms with E-state index in [-0.39, 0.29) is 0 Å². The largest absolute Gasteiger partial charge is 0.309 e. The van der Waals surface area contributed by atoms with Crippen LogP contribution in [0, 0.1) is 0 Å². The number of nitrogens with zero attached hydrogens (tertiary/aromatic N) is 2. The zero-order valence-electron chi connectivity index (χ0n) is 10.4. The zero-order valence-corrected chi connectivity index (χ0v) is 10.4. The fraction of sp³-hybridized carbons (Fsp3) is 0.615. The Balaban J connectivity index is 2.10. The first kappa shape index (κ1) is 13.0. The number of aromatic nitrogens is 2. The van der Waals surface area contributed by atoms with Gasteiger partial charge >= 0.3 is 0 Å². The molecule has 3 nitrogen and oxygen atoms in total. The molecule has 0 radical (unpaired) electrons. The maximum atomic E-state index is 4.33. The molecule has 0 spiro atoms. The van der Waals surface area contributed by atoms with E-state index in [1.807, 2.05) is 24.0 Å². The number of allylic oxidation sites excluding steroid dienone is 1. The number of hydrogen-bond donors (Lipinski definition) is 1. The highest BCUT2D eigenvalue weighted by Gasteiger charge is 2.02. The molecule has 1 aromatic heterocycles. The second-order valence-corrected chi connectivity index (χ2v) is 4.34. The Kier molecular flexibility index (Phi) is 5.86. The van der Waals surface area contributed by atoms with E-state index in [1.165, 1.54) is 19.3 Å². The van der Waals surface area contributed by atoms with Gasteiger partial charge in [-0.1, -0.05) is 12.5 Å². The van der Waals surface area contributed by atoms with Gasteiger partial charge in [-0.2, -0.15) is 5.10 Å². The van der Waals surface area contributed by atoms with Crippen molar-refractivity contribution < 1.29 is 0 Å². The Bertz CT molecular complexity index is 304. The Morgan fingerprint density at radius 1 is 1.56 bits per heavy atom. The molecule has 90 valence electrons. The Hall–Kier alpha value is -1.09. The first-order valence-corrected chi connectivity index (χ1v) is 6.05. The van der Waals surface area contributed by atoms with Gasteiger partial charge in [0.05, 0.1) is 5.69 Å². The van der Waals surface area contributed by atoms with Crippen molar-refractivity contribution in [2.75, 3.05) is 0 Å². The minimum absolute atomic E-state index is 0.562. The first-order valence-electron chi connectivity index (χ1n) is 6.05. The summed E-state index contributed by atoms with van der Waals surface area (Å²) in [7, 11) is 1.95. The molecule has 1 aromatic rings. The Labute approximate surface area is 98.5 Å². The summed E-state index contributed by atoms with van der Waals surface area (Å²) in [6, 6.07) is 2.61. The summed E-state index contributed by atoms with van der Waals surface area (Å²) in [5.74, 6) is 0. The number of nitrogens with one attached hydrogen (secondary N) is 1. The van der Waals surface area contributed by atoms with E-state index in [9.17, 15) is 0 Å². The lowest BCUT2D eigenvalue weighted by Crippen LogP contribution is -2.25. The molecule has 0 saturated heterocycles. The zero-order chi connectivity index (χ0) is 11.8. The quantitative estimate of drug-likeness (QED) is 0.540. The van der Waals surface area contributed by atoms with Crippen LogP contribution in [-0.4, -0.2) is 15.8 Å². The molecule has 0 bridgehead atoms. The summed E-state index contributed by atoms with van der Waals surface area (Å²) in [6.45, 7) is 6.83. The third-order valence-corrected chi connectivity index (χ3v) is 2.70. The minimum atomic E-state index is 0.562. The Morgan fingerprint density at radius 2 is 2.38 bits per heavy atom. The summed E-state index contributed by atoms with van der Waals surface area (Å²) in [6.07, 6.45) is 8.84. The molecule has 0 amide bonds. The highest BCUT2D eigenvalue weighted by atomic mass is 15.3. The molecule has 1 rings (SSSR count). The number of unbranched alkanes of at least 4 members (excludes halogenated alkanes) is 2. The molecule has 0 aliphatic heterocycles. The third kappa shape index (κ3) is 5.12. The van der Waals surface area contributed by atoms with Gasteiger partial charge in [0, 0.05) is 25.8 Å². The molecule has 0 saturated carbocycles. The van der Waals surface area contributed by atoms with Crippen LogP contribution in [0.4, 0.5) is 0 Å². The van der Waals surface area contributed by atoms with Crippen LogP contribution in [-0.2, 0) is 13.6 Å². The van der Waals surface area contributed by atoms with Gasteiger partial charge < -0.3 is 5.32 Å². The second kappa shape index (κ2) is 7.23. The van der Waals surface area contributed by atoms with Crippen molar-refractivity contribution in [3.8, 4) is 0 Å². The predicted molar refractivity (Wildman–Crippen MR) is 68.2 cm³/mol. The molecule has 0 aromatic carbocycles. The highest BCUT2D eigenvalue weighted by Crippen LogP contribution is 2.04. The van der Waals surface area contributed by atoms with E-state index in [0.717, 1.165) is 18.7 Å². The average molecular weight is 221 g/mol. The monoisotopic (exact) mass is 221 g/mol. The van der Waals surface area contributed by atoms with Crippen molar-refractivity contribution in [3.05, 3.63) is 30.6 Å². The molecule has 0 fully saturated rings. The Morgan fingerprint density at radius 3 is 3.00 bits per heavy atom. The molecule has 1 N–H and O–H groups in total. The van der Waals surface area contributed by atoms with E-state index in [2.05, 4.69) is 30.0 Å². The summed E-state index contributed by atoms with van der Waals surface area (Å²) in [5, 5.41) is 7.82. The lowest BCUT2D eigenvalue weighted by atomic mass is 10.1. The summed E-state index contributed by atoms with van der Waals surface area (Å²) in [5.41, 5.74) is 1.11. The maximum Gasteiger partial charge on any atom is 0.0762 e. The van der Waals surface area contributed by atoms with Crippen LogP contribution in [0.1, 0.15) is 38.3 Å². The van der Waals surface area contributed by atoms with E-state index in [1.54, 1.807) is 0 Å². The van der Waals surface area contributed by atoms with Gasteiger partial charge in [0.15, 0.2) is 0 Å². The van der Waals surface area contributed by atoms with Gasteiger partial charge in [0.2, 0.25) is 0 Å². The van der Waals surface area contributed by atoms with Crippen LogP contribution in [0.2, 0.25) is 0 Å². The van der Waals surface area contributed by atoms with Crippen molar-refractivity contribution in [1.82, 2.24) is 15.1 Å². The lowest BCUT2D eigenvalue weighted by Gasteiger charge is -2.12. The van der Waals surface area contributed by atoms with E-state index in [0.29, 0.717) is 6.04 Å². The van der Waals surface area contributed by atoms with Gasteiger partial charge in [-0.05, 0) is 32.3 Å². The molecule has 1 atom stereocenters. The second-order valence-electron chi connectivity index (χ2n) is 4.34. The van der Waals surface area contributed by atoms with Crippen LogP contribution < -0.4 is 5.32 Å². The smallest absolute Gasteiger partial charge is 0.0762 e.